The van der Waals surface area contributed by atoms with Crippen LogP contribution in [0.5, 0.6) is 5.75 Å². The smallest absolute Gasteiger partial charge is 0.119 e. The van der Waals surface area contributed by atoms with Crippen molar-refractivity contribution in [1.29, 1.82) is 0 Å². The minimum Gasteiger partial charge on any atom is -0.492 e. The van der Waals surface area contributed by atoms with E-state index in [0.717, 1.165) is 18.0 Å². The topological polar surface area (TPSA) is 27.1 Å². The molecule has 0 saturated heterocycles. The molecule has 0 atom stereocenters. The van der Waals surface area contributed by atoms with Gasteiger partial charge in [0.2, 0.25) is 0 Å². The second kappa shape index (κ2) is 5.73. The number of imidazole rings is 1. The number of nitrogens with zero attached hydrogens (tertiary/aromatic N) is 2. The van der Waals surface area contributed by atoms with Gasteiger partial charge in [0.05, 0.1) is 24.4 Å². The third kappa shape index (κ3) is 3.24. The zero-order valence-corrected chi connectivity index (χ0v) is 10.5. The molecule has 17 heavy (non-hydrogen) atoms. The van der Waals surface area contributed by atoms with E-state index in [1.165, 1.54) is 5.56 Å². The van der Waals surface area contributed by atoms with Crippen molar-refractivity contribution in [2.75, 3.05) is 6.61 Å². The number of ether oxygens (including phenoxy) is 1. The van der Waals surface area contributed by atoms with Gasteiger partial charge in [0.25, 0.3) is 0 Å². The lowest BCUT2D eigenvalue weighted by atomic mass is 10.2. The van der Waals surface area contributed by atoms with E-state index in [9.17, 15) is 0 Å². The molecule has 90 valence electrons. The van der Waals surface area contributed by atoms with Crippen LogP contribution in [0.3, 0.4) is 0 Å². The Labute approximate surface area is 106 Å². The molecule has 1 aromatic heterocycles. The molecule has 3 nitrogen and oxygen atoms in total. The van der Waals surface area contributed by atoms with E-state index in [2.05, 4.69) is 4.98 Å². The van der Waals surface area contributed by atoms with Gasteiger partial charge in [-0.05, 0) is 24.6 Å². The Bertz CT molecular complexity index is 482. The standard InChI is InChI=1S/C13H15ClN2O/c1-11-3-2-4-13(7-11)17-6-5-16-10-15-9-12(16)8-14/h2-4,7,9-10H,5-6,8H2,1H3. The van der Waals surface area contributed by atoms with Crippen LogP contribution in [0.1, 0.15) is 11.3 Å². The number of benzene rings is 1. The fraction of sp³-hybridized carbons (Fsp3) is 0.308. The number of hydrogen-bond acceptors (Lipinski definition) is 2. The van der Waals surface area contributed by atoms with Crippen LogP contribution < -0.4 is 4.74 Å². The van der Waals surface area contributed by atoms with E-state index in [-0.39, 0.29) is 0 Å². The molecule has 2 rings (SSSR count). The molecule has 0 fully saturated rings. The zero-order chi connectivity index (χ0) is 12.1. The number of halogens is 1. The second-order valence-electron chi connectivity index (χ2n) is 3.88. The van der Waals surface area contributed by atoms with Gasteiger partial charge in [-0.3, -0.25) is 0 Å². The van der Waals surface area contributed by atoms with Crippen LogP contribution in [0.15, 0.2) is 36.8 Å². The number of hydrogen-bond donors (Lipinski definition) is 0. The first-order chi connectivity index (χ1) is 8.29. The van der Waals surface area contributed by atoms with Crippen LogP contribution in [0.2, 0.25) is 0 Å². The fourth-order valence-electron chi connectivity index (χ4n) is 1.63. The summed E-state index contributed by atoms with van der Waals surface area (Å²) in [4.78, 5) is 4.06. The first-order valence-electron chi connectivity index (χ1n) is 5.54. The average Bonchev–Trinajstić information content (AvgIpc) is 2.77. The molecule has 0 unspecified atom stereocenters. The van der Waals surface area contributed by atoms with E-state index in [1.807, 2.05) is 35.8 Å². The van der Waals surface area contributed by atoms with Gasteiger partial charge in [-0.25, -0.2) is 4.98 Å². The largest absolute Gasteiger partial charge is 0.492 e. The Kier molecular flexibility index (Phi) is 4.04. The summed E-state index contributed by atoms with van der Waals surface area (Å²) in [5.74, 6) is 1.38. The van der Waals surface area contributed by atoms with E-state index in [0.29, 0.717) is 12.5 Å². The maximum absolute atomic E-state index is 5.79. The van der Waals surface area contributed by atoms with Crippen molar-refractivity contribution < 1.29 is 4.74 Å². The van der Waals surface area contributed by atoms with Crippen molar-refractivity contribution in [3.63, 3.8) is 0 Å². The molecule has 0 N–H and O–H groups in total. The Morgan fingerprint density at radius 1 is 1.41 bits per heavy atom. The average molecular weight is 251 g/mol. The molecule has 0 aliphatic heterocycles. The summed E-state index contributed by atoms with van der Waals surface area (Å²) in [7, 11) is 0. The number of alkyl halides is 1. The Balaban J connectivity index is 1.87. The molecule has 4 heteroatoms. The first kappa shape index (κ1) is 12.0. The van der Waals surface area contributed by atoms with E-state index >= 15 is 0 Å². The molecule has 0 amide bonds. The van der Waals surface area contributed by atoms with Crippen molar-refractivity contribution in [3.8, 4) is 5.75 Å². The van der Waals surface area contributed by atoms with Crippen LogP contribution in [-0.4, -0.2) is 16.2 Å². The molecule has 0 saturated carbocycles. The van der Waals surface area contributed by atoms with Gasteiger partial charge >= 0.3 is 0 Å². The van der Waals surface area contributed by atoms with Crippen molar-refractivity contribution in [3.05, 3.63) is 48.0 Å². The maximum atomic E-state index is 5.79. The molecular weight excluding hydrogens is 236 g/mol. The van der Waals surface area contributed by atoms with Gasteiger partial charge in [-0.2, -0.15) is 0 Å². The second-order valence-corrected chi connectivity index (χ2v) is 4.14. The van der Waals surface area contributed by atoms with Crippen molar-refractivity contribution >= 4 is 11.6 Å². The van der Waals surface area contributed by atoms with Gasteiger partial charge in [-0.1, -0.05) is 12.1 Å². The SMILES string of the molecule is Cc1cccc(OCCn2cncc2CCl)c1. The van der Waals surface area contributed by atoms with E-state index in [1.54, 1.807) is 12.5 Å². The van der Waals surface area contributed by atoms with E-state index in [4.69, 9.17) is 16.3 Å². The number of aromatic nitrogens is 2. The van der Waals surface area contributed by atoms with Crippen LogP contribution in [0.4, 0.5) is 0 Å². The van der Waals surface area contributed by atoms with Gasteiger partial charge in [0.1, 0.15) is 12.4 Å². The summed E-state index contributed by atoms with van der Waals surface area (Å²) in [6.45, 7) is 3.42. The van der Waals surface area contributed by atoms with Gasteiger partial charge in [-0.15, -0.1) is 11.6 Å². The monoisotopic (exact) mass is 250 g/mol. The molecule has 0 radical (unpaired) electrons. The highest BCUT2D eigenvalue weighted by molar-refractivity contribution is 6.16. The minimum absolute atomic E-state index is 0.477. The zero-order valence-electron chi connectivity index (χ0n) is 9.77. The molecule has 1 aromatic carbocycles. The highest BCUT2D eigenvalue weighted by atomic mass is 35.5. The van der Waals surface area contributed by atoms with Gasteiger partial charge in [0, 0.05) is 6.20 Å². The molecule has 0 bridgehead atoms. The fourth-order valence-corrected chi connectivity index (χ4v) is 1.85. The molecule has 1 heterocycles. The number of aryl methyl sites for hydroxylation is 1. The molecule has 0 aliphatic rings. The lowest BCUT2D eigenvalue weighted by Crippen LogP contribution is -2.09. The quantitative estimate of drug-likeness (QED) is 0.763. The summed E-state index contributed by atoms with van der Waals surface area (Å²) >= 11 is 5.79. The molecule has 0 spiro atoms. The lowest BCUT2D eigenvalue weighted by molar-refractivity contribution is 0.297. The van der Waals surface area contributed by atoms with Crippen molar-refractivity contribution in [1.82, 2.24) is 9.55 Å². The van der Waals surface area contributed by atoms with E-state index < -0.39 is 0 Å². The first-order valence-corrected chi connectivity index (χ1v) is 6.07. The normalized spacial score (nSPS) is 10.5. The molecule has 0 aliphatic carbocycles. The van der Waals surface area contributed by atoms with Crippen molar-refractivity contribution in [2.45, 2.75) is 19.3 Å². The Morgan fingerprint density at radius 3 is 3.06 bits per heavy atom. The summed E-state index contributed by atoms with van der Waals surface area (Å²) in [5, 5.41) is 0. The minimum atomic E-state index is 0.477. The van der Waals surface area contributed by atoms with Crippen molar-refractivity contribution in [2.24, 2.45) is 0 Å². The predicted octanol–water partition coefficient (Wildman–Crippen LogP) is 3.01. The highest BCUT2D eigenvalue weighted by Crippen LogP contribution is 2.12. The number of rotatable bonds is 5. The summed E-state index contributed by atoms with van der Waals surface area (Å²) < 4.78 is 7.67. The molecular formula is C13H15ClN2O. The highest BCUT2D eigenvalue weighted by Gasteiger charge is 2.00. The Morgan fingerprint density at radius 2 is 2.29 bits per heavy atom. The van der Waals surface area contributed by atoms with Crippen LogP contribution in [-0.2, 0) is 12.4 Å². The lowest BCUT2D eigenvalue weighted by Gasteiger charge is -2.09. The van der Waals surface area contributed by atoms with Crippen LogP contribution in [0, 0.1) is 6.92 Å². The Hall–Kier alpha value is -1.48. The summed E-state index contributed by atoms with van der Waals surface area (Å²) in [6.07, 6.45) is 3.55. The predicted molar refractivity (Wildman–Crippen MR) is 68.5 cm³/mol. The third-order valence-corrected chi connectivity index (χ3v) is 2.80. The molecule has 2 aromatic rings. The van der Waals surface area contributed by atoms with Crippen LogP contribution >= 0.6 is 11.6 Å². The van der Waals surface area contributed by atoms with Gasteiger partial charge < -0.3 is 9.30 Å². The van der Waals surface area contributed by atoms with Crippen LogP contribution in [0.25, 0.3) is 0 Å². The summed E-state index contributed by atoms with van der Waals surface area (Å²) in [6, 6.07) is 8.03. The maximum Gasteiger partial charge on any atom is 0.119 e. The third-order valence-electron chi connectivity index (χ3n) is 2.53. The van der Waals surface area contributed by atoms with Gasteiger partial charge in [0.15, 0.2) is 0 Å². The summed E-state index contributed by atoms with van der Waals surface area (Å²) in [5.41, 5.74) is 2.21.